The lowest BCUT2D eigenvalue weighted by atomic mass is 10.1. The predicted molar refractivity (Wildman–Crippen MR) is 79.5 cm³/mol. The lowest BCUT2D eigenvalue weighted by Crippen LogP contribution is -2.08. The molecule has 1 atom stereocenters. The van der Waals surface area contributed by atoms with E-state index in [0.717, 1.165) is 16.8 Å². The minimum Gasteiger partial charge on any atom is -0.378 e. The zero-order chi connectivity index (χ0) is 14.9. The summed E-state index contributed by atoms with van der Waals surface area (Å²) in [5.74, 6) is 0. The van der Waals surface area contributed by atoms with Crippen LogP contribution in [-0.4, -0.2) is 24.5 Å². The molecule has 108 valence electrons. The molecule has 0 saturated carbocycles. The van der Waals surface area contributed by atoms with Gasteiger partial charge in [-0.3, -0.25) is 4.68 Å². The summed E-state index contributed by atoms with van der Waals surface area (Å²) in [6.45, 7) is 3.97. The van der Waals surface area contributed by atoms with E-state index in [2.05, 4.69) is 10.4 Å². The van der Waals surface area contributed by atoms with Crippen LogP contribution in [0, 0.1) is 6.92 Å². The highest BCUT2D eigenvalue weighted by Crippen LogP contribution is 2.24. The summed E-state index contributed by atoms with van der Waals surface area (Å²) in [7, 11) is -1.33. The maximum absolute atomic E-state index is 11.6. The summed E-state index contributed by atoms with van der Waals surface area (Å²) < 4.78 is 25.0. The number of sulfone groups is 1. The molecule has 0 bridgehead atoms. The molecular formula is C14H19N3O2S. The van der Waals surface area contributed by atoms with Crippen LogP contribution < -0.4 is 5.32 Å². The van der Waals surface area contributed by atoms with E-state index in [-0.39, 0.29) is 6.04 Å². The van der Waals surface area contributed by atoms with Gasteiger partial charge in [0.1, 0.15) is 0 Å². The van der Waals surface area contributed by atoms with Crippen molar-refractivity contribution < 1.29 is 8.42 Å². The van der Waals surface area contributed by atoms with Crippen LogP contribution in [0.5, 0.6) is 0 Å². The smallest absolute Gasteiger partial charge is 0.175 e. The van der Waals surface area contributed by atoms with E-state index in [9.17, 15) is 8.42 Å². The first-order valence-corrected chi connectivity index (χ1v) is 8.22. The summed E-state index contributed by atoms with van der Waals surface area (Å²) in [6.07, 6.45) is 4.95. The Hall–Kier alpha value is -1.82. The van der Waals surface area contributed by atoms with Crippen molar-refractivity contribution in [1.29, 1.82) is 0 Å². The number of anilines is 1. The number of nitrogens with zero attached hydrogens (tertiary/aromatic N) is 2. The van der Waals surface area contributed by atoms with Gasteiger partial charge in [0.2, 0.25) is 0 Å². The van der Waals surface area contributed by atoms with Gasteiger partial charge in [0.15, 0.2) is 9.84 Å². The van der Waals surface area contributed by atoms with Gasteiger partial charge in [0, 0.05) is 30.8 Å². The molecule has 2 aromatic rings. The van der Waals surface area contributed by atoms with Crippen LogP contribution >= 0.6 is 0 Å². The first kappa shape index (κ1) is 14.6. The van der Waals surface area contributed by atoms with Crippen LogP contribution in [-0.2, 0) is 16.9 Å². The van der Waals surface area contributed by atoms with E-state index < -0.39 is 9.84 Å². The fraction of sp³-hybridized carbons (Fsp3) is 0.357. The SMILES string of the molecule is Cc1ccc(S(C)(=O)=O)cc1NC(C)c1cnn(C)c1. The fourth-order valence-electron chi connectivity index (χ4n) is 1.97. The Morgan fingerprint density at radius 2 is 2.05 bits per heavy atom. The van der Waals surface area contributed by atoms with E-state index >= 15 is 0 Å². The van der Waals surface area contributed by atoms with Crippen LogP contribution in [0.1, 0.15) is 24.1 Å². The first-order chi connectivity index (χ1) is 9.27. The fourth-order valence-corrected chi connectivity index (χ4v) is 2.61. The molecule has 0 spiro atoms. The summed E-state index contributed by atoms with van der Waals surface area (Å²) in [6, 6.07) is 5.17. The van der Waals surface area contributed by atoms with Crippen LogP contribution in [0.4, 0.5) is 5.69 Å². The molecule has 0 aliphatic rings. The van der Waals surface area contributed by atoms with Crippen molar-refractivity contribution in [2.75, 3.05) is 11.6 Å². The van der Waals surface area contributed by atoms with Crippen LogP contribution in [0.15, 0.2) is 35.5 Å². The standard InChI is InChI=1S/C14H19N3O2S/c1-10-5-6-13(20(4,18)19)7-14(10)16-11(2)12-8-15-17(3)9-12/h5-9,11,16H,1-4H3. The van der Waals surface area contributed by atoms with Gasteiger partial charge in [-0.25, -0.2) is 8.42 Å². The molecule has 0 saturated heterocycles. The highest BCUT2D eigenvalue weighted by molar-refractivity contribution is 7.90. The van der Waals surface area contributed by atoms with Gasteiger partial charge in [-0.1, -0.05) is 6.07 Å². The molecular weight excluding hydrogens is 274 g/mol. The van der Waals surface area contributed by atoms with E-state index in [0.29, 0.717) is 4.90 Å². The molecule has 1 heterocycles. The molecule has 0 fully saturated rings. The Morgan fingerprint density at radius 1 is 1.35 bits per heavy atom. The van der Waals surface area contributed by atoms with Crippen LogP contribution in [0.2, 0.25) is 0 Å². The molecule has 1 N–H and O–H groups in total. The second-order valence-corrected chi connectivity index (χ2v) is 7.08. The van der Waals surface area contributed by atoms with Crippen molar-refractivity contribution in [3.63, 3.8) is 0 Å². The van der Waals surface area contributed by atoms with Crippen molar-refractivity contribution in [2.45, 2.75) is 24.8 Å². The number of nitrogens with one attached hydrogen (secondary N) is 1. The van der Waals surface area contributed by atoms with Crippen LogP contribution in [0.25, 0.3) is 0 Å². The zero-order valence-electron chi connectivity index (χ0n) is 12.1. The van der Waals surface area contributed by atoms with E-state index in [4.69, 9.17) is 0 Å². The molecule has 20 heavy (non-hydrogen) atoms. The average Bonchev–Trinajstić information content (AvgIpc) is 2.77. The van der Waals surface area contributed by atoms with Gasteiger partial charge in [0.25, 0.3) is 0 Å². The van der Waals surface area contributed by atoms with Crippen molar-refractivity contribution in [3.8, 4) is 0 Å². The number of benzene rings is 1. The Balaban J connectivity index is 2.29. The quantitative estimate of drug-likeness (QED) is 0.939. The monoisotopic (exact) mass is 293 g/mol. The first-order valence-electron chi connectivity index (χ1n) is 6.33. The molecule has 0 aliphatic carbocycles. The molecule has 2 rings (SSSR count). The number of aromatic nitrogens is 2. The lowest BCUT2D eigenvalue weighted by Gasteiger charge is -2.16. The molecule has 1 unspecified atom stereocenters. The number of rotatable bonds is 4. The lowest BCUT2D eigenvalue weighted by molar-refractivity contribution is 0.602. The van der Waals surface area contributed by atoms with Crippen molar-refractivity contribution in [1.82, 2.24) is 9.78 Å². The number of hydrogen-bond donors (Lipinski definition) is 1. The minimum atomic E-state index is -3.19. The van der Waals surface area contributed by atoms with Crippen molar-refractivity contribution in [2.24, 2.45) is 7.05 Å². The normalized spacial score (nSPS) is 13.2. The minimum absolute atomic E-state index is 0.0530. The van der Waals surface area contributed by atoms with Gasteiger partial charge in [-0.05, 0) is 31.5 Å². The van der Waals surface area contributed by atoms with E-state index in [1.54, 1.807) is 23.0 Å². The van der Waals surface area contributed by atoms with Gasteiger partial charge in [-0.15, -0.1) is 0 Å². The molecule has 1 aromatic carbocycles. The third-order valence-corrected chi connectivity index (χ3v) is 4.34. The van der Waals surface area contributed by atoms with Crippen molar-refractivity contribution in [3.05, 3.63) is 41.7 Å². The third-order valence-electron chi connectivity index (χ3n) is 3.23. The van der Waals surface area contributed by atoms with Crippen molar-refractivity contribution >= 4 is 15.5 Å². The van der Waals surface area contributed by atoms with Crippen LogP contribution in [0.3, 0.4) is 0 Å². The van der Waals surface area contributed by atoms with Gasteiger partial charge >= 0.3 is 0 Å². The summed E-state index contributed by atoms with van der Waals surface area (Å²) in [5.41, 5.74) is 2.88. The second-order valence-electron chi connectivity index (χ2n) is 5.06. The number of aryl methyl sites for hydroxylation is 2. The summed E-state index contributed by atoms with van der Waals surface area (Å²) >= 11 is 0. The second kappa shape index (κ2) is 5.28. The largest absolute Gasteiger partial charge is 0.378 e. The maximum Gasteiger partial charge on any atom is 0.175 e. The molecule has 5 nitrogen and oxygen atoms in total. The van der Waals surface area contributed by atoms with Gasteiger partial charge < -0.3 is 5.32 Å². The highest BCUT2D eigenvalue weighted by atomic mass is 32.2. The maximum atomic E-state index is 11.6. The zero-order valence-corrected chi connectivity index (χ0v) is 12.9. The van der Waals surface area contributed by atoms with Gasteiger partial charge in [-0.2, -0.15) is 5.10 Å². The topological polar surface area (TPSA) is 64.0 Å². The average molecular weight is 293 g/mol. The van der Waals surface area contributed by atoms with E-state index in [1.807, 2.05) is 33.2 Å². The summed E-state index contributed by atoms with van der Waals surface area (Å²) in [4.78, 5) is 0.323. The Kier molecular flexibility index (Phi) is 3.85. The molecule has 0 amide bonds. The molecule has 1 aromatic heterocycles. The Morgan fingerprint density at radius 3 is 2.60 bits per heavy atom. The van der Waals surface area contributed by atoms with Gasteiger partial charge in [0.05, 0.1) is 17.1 Å². The highest BCUT2D eigenvalue weighted by Gasteiger charge is 2.12. The van der Waals surface area contributed by atoms with E-state index in [1.165, 1.54) is 6.26 Å². The Bertz CT molecular complexity index is 720. The molecule has 6 heteroatoms. The predicted octanol–water partition coefficient (Wildman–Crippen LogP) is 2.31. The molecule has 0 radical (unpaired) electrons. The number of hydrogen-bond acceptors (Lipinski definition) is 4. The molecule has 0 aliphatic heterocycles. The Labute approximate surface area is 119 Å². The third kappa shape index (κ3) is 3.19. The summed E-state index contributed by atoms with van der Waals surface area (Å²) in [5, 5.41) is 7.47.